The maximum absolute atomic E-state index is 12.7. The van der Waals surface area contributed by atoms with Crippen LogP contribution in [0.2, 0.25) is 0 Å². The Morgan fingerprint density at radius 2 is 2.11 bits per heavy atom. The van der Waals surface area contributed by atoms with Gasteiger partial charge in [-0.3, -0.25) is 0 Å². The van der Waals surface area contributed by atoms with Gasteiger partial charge in [0.1, 0.15) is 12.4 Å². The zero-order valence-corrected chi connectivity index (χ0v) is 9.29. The number of aromatic nitrogens is 2. The van der Waals surface area contributed by atoms with Crippen molar-refractivity contribution in [3.8, 4) is 0 Å². The second-order valence-electron chi connectivity index (χ2n) is 4.16. The molecule has 0 fully saturated rings. The molecular weight excluding hydrogens is 247 g/mol. The number of imidazole rings is 1. The van der Waals surface area contributed by atoms with E-state index in [0.717, 1.165) is 6.07 Å². The van der Waals surface area contributed by atoms with Gasteiger partial charge in [0.25, 0.3) is 0 Å². The van der Waals surface area contributed by atoms with E-state index >= 15 is 0 Å². The highest BCUT2D eigenvalue weighted by Crippen LogP contribution is 2.36. The maximum atomic E-state index is 12.7. The van der Waals surface area contributed by atoms with Crippen molar-refractivity contribution >= 4 is 16.7 Å². The number of alkyl halides is 3. The number of anilines is 1. The van der Waals surface area contributed by atoms with Gasteiger partial charge >= 0.3 is 6.18 Å². The van der Waals surface area contributed by atoms with Gasteiger partial charge in [-0.2, -0.15) is 13.2 Å². The first kappa shape index (κ1) is 11.3. The molecule has 0 unspecified atom stereocenters. The molecular formula is C11H10F3N3O. The van der Waals surface area contributed by atoms with E-state index in [1.807, 2.05) is 4.57 Å². The predicted molar refractivity (Wildman–Crippen MR) is 58.8 cm³/mol. The number of rotatable bonds is 0. The summed E-state index contributed by atoms with van der Waals surface area (Å²) in [5.74, 6) is 0.634. The molecule has 0 radical (unpaired) electrons. The third kappa shape index (κ3) is 1.62. The lowest BCUT2D eigenvalue weighted by molar-refractivity contribution is -0.136. The van der Waals surface area contributed by atoms with E-state index in [1.165, 1.54) is 6.07 Å². The van der Waals surface area contributed by atoms with Crippen LogP contribution in [0.3, 0.4) is 0 Å². The molecule has 96 valence electrons. The lowest BCUT2D eigenvalue weighted by Crippen LogP contribution is -2.16. The van der Waals surface area contributed by atoms with Gasteiger partial charge in [0, 0.05) is 12.2 Å². The topological polar surface area (TPSA) is 53.1 Å². The summed E-state index contributed by atoms with van der Waals surface area (Å²) in [6, 6.07) is 2.33. The Bertz CT molecular complexity index is 618. The van der Waals surface area contributed by atoms with Gasteiger partial charge in [0.15, 0.2) is 0 Å². The average molecular weight is 257 g/mol. The highest BCUT2D eigenvalue weighted by Gasteiger charge is 2.34. The number of hydrogen-bond donors (Lipinski definition) is 1. The van der Waals surface area contributed by atoms with E-state index in [1.54, 1.807) is 0 Å². The van der Waals surface area contributed by atoms with Crippen molar-refractivity contribution in [1.82, 2.24) is 9.55 Å². The summed E-state index contributed by atoms with van der Waals surface area (Å²) in [5.41, 5.74) is 5.28. The van der Waals surface area contributed by atoms with Crippen molar-refractivity contribution in [3.05, 3.63) is 23.5 Å². The van der Waals surface area contributed by atoms with Crippen LogP contribution in [-0.2, 0) is 24.1 Å². The molecule has 1 aromatic heterocycles. The molecule has 2 N–H and O–H groups in total. The fourth-order valence-electron chi connectivity index (χ4n) is 2.16. The molecule has 0 saturated carbocycles. The van der Waals surface area contributed by atoms with Gasteiger partial charge in [-0.1, -0.05) is 0 Å². The van der Waals surface area contributed by atoms with Gasteiger partial charge in [-0.25, -0.2) is 4.98 Å². The number of hydrogen-bond acceptors (Lipinski definition) is 3. The molecule has 0 atom stereocenters. The fraction of sp³-hybridized carbons (Fsp3) is 0.364. The van der Waals surface area contributed by atoms with E-state index in [-0.39, 0.29) is 5.69 Å². The fourth-order valence-corrected chi connectivity index (χ4v) is 2.16. The number of nitrogens with zero attached hydrogens (tertiary/aromatic N) is 2. The maximum Gasteiger partial charge on any atom is 0.418 e. The summed E-state index contributed by atoms with van der Waals surface area (Å²) in [4.78, 5) is 4.15. The van der Waals surface area contributed by atoms with Gasteiger partial charge in [0.2, 0.25) is 0 Å². The number of nitrogen functional groups attached to an aromatic ring is 1. The Morgan fingerprint density at radius 1 is 1.33 bits per heavy atom. The summed E-state index contributed by atoms with van der Waals surface area (Å²) < 4.78 is 45.2. The molecule has 0 saturated heterocycles. The summed E-state index contributed by atoms with van der Waals surface area (Å²) in [6.45, 7) is 1.42. The Morgan fingerprint density at radius 3 is 2.83 bits per heavy atom. The normalized spacial score (nSPS) is 15.9. The second kappa shape index (κ2) is 3.61. The standard InChI is InChI=1S/C11H10F3N3O/c12-11(13,14)6-3-8-9(4-7(6)15)17-1-2-18-5-10(17)16-8/h3-4H,1-2,5,15H2. The third-order valence-corrected chi connectivity index (χ3v) is 2.99. The molecule has 0 aliphatic carbocycles. The van der Waals surface area contributed by atoms with E-state index < -0.39 is 11.7 Å². The Kier molecular flexibility index (Phi) is 2.28. The van der Waals surface area contributed by atoms with E-state index in [0.29, 0.717) is 36.6 Å². The largest absolute Gasteiger partial charge is 0.418 e. The van der Waals surface area contributed by atoms with Gasteiger partial charge in [0.05, 0.1) is 23.2 Å². The van der Waals surface area contributed by atoms with Crippen molar-refractivity contribution in [2.24, 2.45) is 0 Å². The molecule has 0 bridgehead atoms. The molecule has 0 amide bonds. The molecule has 1 aromatic carbocycles. The highest BCUT2D eigenvalue weighted by molar-refractivity contribution is 5.82. The van der Waals surface area contributed by atoms with Crippen LogP contribution in [-0.4, -0.2) is 16.2 Å². The number of ether oxygens (including phenoxy) is 1. The predicted octanol–water partition coefficient (Wildman–Crippen LogP) is 2.17. The first-order valence-electron chi connectivity index (χ1n) is 5.40. The lowest BCUT2D eigenvalue weighted by Gasteiger charge is -2.15. The number of nitrogens with two attached hydrogens (primary N) is 1. The Hall–Kier alpha value is -1.76. The van der Waals surface area contributed by atoms with Crippen molar-refractivity contribution in [1.29, 1.82) is 0 Å². The van der Waals surface area contributed by atoms with Crippen LogP contribution < -0.4 is 5.73 Å². The quantitative estimate of drug-likeness (QED) is 0.736. The van der Waals surface area contributed by atoms with Gasteiger partial charge in [-0.05, 0) is 12.1 Å². The zero-order chi connectivity index (χ0) is 12.9. The van der Waals surface area contributed by atoms with Gasteiger partial charge in [-0.15, -0.1) is 0 Å². The van der Waals surface area contributed by atoms with Crippen LogP contribution >= 0.6 is 0 Å². The monoisotopic (exact) mass is 257 g/mol. The Labute approximate surface area is 100 Å². The minimum atomic E-state index is -4.46. The van der Waals surface area contributed by atoms with Crippen molar-refractivity contribution < 1.29 is 17.9 Å². The highest BCUT2D eigenvalue weighted by atomic mass is 19.4. The summed E-state index contributed by atoms with van der Waals surface area (Å²) >= 11 is 0. The first-order chi connectivity index (χ1) is 8.47. The number of benzene rings is 1. The molecule has 1 aliphatic heterocycles. The smallest absolute Gasteiger partial charge is 0.398 e. The Balaban J connectivity index is 2.25. The first-order valence-corrected chi connectivity index (χ1v) is 5.40. The molecule has 3 rings (SSSR count). The summed E-state index contributed by atoms with van der Waals surface area (Å²) in [5, 5.41) is 0. The van der Waals surface area contributed by atoms with E-state index in [2.05, 4.69) is 4.98 Å². The molecule has 2 aromatic rings. The zero-order valence-electron chi connectivity index (χ0n) is 9.29. The third-order valence-electron chi connectivity index (χ3n) is 2.99. The molecule has 7 heteroatoms. The van der Waals surface area contributed by atoms with Crippen LogP contribution in [0.5, 0.6) is 0 Å². The van der Waals surface area contributed by atoms with Crippen LogP contribution in [0.15, 0.2) is 12.1 Å². The number of halogens is 3. The molecule has 0 spiro atoms. The van der Waals surface area contributed by atoms with E-state index in [9.17, 15) is 13.2 Å². The van der Waals surface area contributed by atoms with Crippen LogP contribution in [0, 0.1) is 0 Å². The minimum absolute atomic E-state index is 0.274. The van der Waals surface area contributed by atoms with Crippen LogP contribution in [0.4, 0.5) is 18.9 Å². The van der Waals surface area contributed by atoms with Crippen molar-refractivity contribution in [2.45, 2.75) is 19.3 Å². The molecule has 1 aliphatic rings. The lowest BCUT2D eigenvalue weighted by atomic mass is 10.1. The molecule has 4 nitrogen and oxygen atoms in total. The van der Waals surface area contributed by atoms with Crippen LogP contribution in [0.25, 0.3) is 11.0 Å². The summed E-state index contributed by atoms with van der Waals surface area (Å²) in [7, 11) is 0. The van der Waals surface area contributed by atoms with Gasteiger partial charge < -0.3 is 15.0 Å². The average Bonchev–Trinajstić information content (AvgIpc) is 2.65. The van der Waals surface area contributed by atoms with Crippen molar-refractivity contribution in [3.63, 3.8) is 0 Å². The summed E-state index contributed by atoms with van der Waals surface area (Å²) in [6.07, 6.45) is -4.46. The van der Waals surface area contributed by atoms with Crippen molar-refractivity contribution in [2.75, 3.05) is 12.3 Å². The molecule has 18 heavy (non-hydrogen) atoms. The molecule has 2 heterocycles. The van der Waals surface area contributed by atoms with E-state index in [4.69, 9.17) is 10.5 Å². The number of fused-ring (bicyclic) bond motifs is 3. The minimum Gasteiger partial charge on any atom is -0.398 e. The second-order valence-corrected chi connectivity index (χ2v) is 4.16. The SMILES string of the molecule is Nc1cc2c(cc1C(F)(F)F)nc1n2CCOC1. The van der Waals surface area contributed by atoms with Crippen LogP contribution in [0.1, 0.15) is 11.4 Å².